The van der Waals surface area contributed by atoms with Gasteiger partial charge in [-0.05, 0) is 93.4 Å². The third-order valence-electron chi connectivity index (χ3n) is 6.05. The molecule has 30 heavy (non-hydrogen) atoms. The van der Waals surface area contributed by atoms with E-state index in [1.165, 1.54) is 0 Å². The van der Waals surface area contributed by atoms with Gasteiger partial charge in [-0.2, -0.15) is 0 Å². The number of amides is 1. The lowest BCUT2D eigenvalue weighted by atomic mass is 9.90. The van der Waals surface area contributed by atoms with Crippen LogP contribution in [0.1, 0.15) is 52.7 Å². The molecule has 0 aromatic heterocycles. The Morgan fingerprint density at radius 2 is 1.80 bits per heavy atom. The number of aryl methyl sites for hydroxylation is 2. The van der Waals surface area contributed by atoms with Crippen molar-refractivity contribution in [3.63, 3.8) is 0 Å². The van der Waals surface area contributed by atoms with E-state index in [1.807, 2.05) is 25.1 Å². The van der Waals surface area contributed by atoms with Crippen LogP contribution in [0.4, 0.5) is 5.69 Å². The summed E-state index contributed by atoms with van der Waals surface area (Å²) < 4.78 is 29.1. The highest BCUT2D eigenvalue weighted by Crippen LogP contribution is 2.32. The van der Waals surface area contributed by atoms with Gasteiger partial charge in [0.25, 0.3) is 5.91 Å². The number of benzene rings is 2. The van der Waals surface area contributed by atoms with E-state index in [0.29, 0.717) is 11.3 Å². The van der Waals surface area contributed by atoms with Crippen molar-refractivity contribution in [2.75, 3.05) is 18.4 Å². The second kappa shape index (κ2) is 8.88. The lowest BCUT2D eigenvalue weighted by molar-refractivity contribution is 0.102. The van der Waals surface area contributed by atoms with Gasteiger partial charge in [0.1, 0.15) is 0 Å². The van der Waals surface area contributed by atoms with Crippen molar-refractivity contribution in [2.24, 2.45) is 0 Å². The average molecular weight is 428 g/mol. The Balaban J connectivity index is 1.66. The minimum absolute atomic E-state index is 0.0581. The van der Waals surface area contributed by atoms with Crippen LogP contribution in [0, 0.1) is 6.92 Å². The lowest BCUT2D eigenvalue weighted by Crippen LogP contribution is -2.42. The number of anilines is 1. The molecule has 3 N–H and O–H groups in total. The summed E-state index contributed by atoms with van der Waals surface area (Å²) in [7, 11) is -3.65. The summed E-state index contributed by atoms with van der Waals surface area (Å²) in [5.74, 6) is -0.207. The van der Waals surface area contributed by atoms with Crippen LogP contribution in [0.3, 0.4) is 0 Å². The lowest BCUT2D eigenvalue weighted by Gasteiger charge is -2.25. The van der Waals surface area contributed by atoms with E-state index < -0.39 is 10.0 Å². The van der Waals surface area contributed by atoms with Crippen LogP contribution in [-0.2, 0) is 22.9 Å². The fraction of sp³-hybridized carbons (Fsp3) is 0.435. The van der Waals surface area contributed by atoms with Crippen LogP contribution < -0.4 is 15.4 Å². The van der Waals surface area contributed by atoms with E-state index in [0.717, 1.165) is 68.3 Å². The molecular weight excluding hydrogens is 398 g/mol. The Morgan fingerprint density at radius 1 is 1.07 bits per heavy atom. The van der Waals surface area contributed by atoms with Gasteiger partial charge < -0.3 is 10.6 Å². The van der Waals surface area contributed by atoms with E-state index >= 15 is 0 Å². The molecule has 0 unspecified atom stereocenters. The molecule has 1 aliphatic carbocycles. The van der Waals surface area contributed by atoms with Crippen molar-refractivity contribution < 1.29 is 13.2 Å². The maximum atomic E-state index is 13.1. The van der Waals surface area contributed by atoms with Crippen molar-refractivity contribution in [3.8, 4) is 0 Å². The van der Waals surface area contributed by atoms with Crippen LogP contribution in [0.2, 0.25) is 0 Å². The summed E-state index contributed by atoms with van der Waals surface area (Å²) in [6.07, 6.45) is 5.31. The van der Waals surface area contributed by atoms with Crippen LogP contribution in [0.15, 0.2) is 41.3 Å². The fourth-order valence-corrected chi connectivity index (χ4v) is 5.73. The molecule has 2 aromatic carbocycles. The SMILES string of the molecule is Cc1ccccc1C(=O)Nc1cc(S(=O)(=O)NC2CCNCC2)cc2c1CCCC2. The molecule has 1 amide bonds. The van der Waals surface area contributed by atoms with Crippen LogP contribution >= 0.6 is 0 Å². The minimum Gasteiger partial charge on any atom is -0.322 e. The molecule has 0 saturated carbocycles. The van der Waals surface area contributed by atoms with E-state index in [-0.39, 0.29) is 16.8 Å². The second-order valence-electron chi connectivity index (χ2n) is 8.23. The number of carbonyl (C=O) groups is 1. The second-order valence-corrected chi connectivity index (χ2v) is 9.94. The van der Waals surface area contributed by atoms with Gasteiger partial charge in [0.15, 0.2) is 0 Å². The van der Waals surface area contributed by atoms with Crippen LogP contribution in [0.5, 0.6) is 0 Å². The van der Waals surface area contributed by atoms with Gasteiger partial charge in [0.2, 0.25) is 10.0 Å². The standard InChI is InChI=1S/C23H29N3O3S/c1-16-6-2-4-8-20(16)23(27)25-22-15-19(14-17-7-3-5-9-21(17)22)30(28,29)26-18-10-12-24-13-11-18/h2,4,6,8,14-15,18,24,26H,3,5,7,9-13H2,1H3,(H,25,27). The quantitative estimate of drug-likeness (QED) is 0.684. The Morgan fingerprint density at radius 3 is 2.57 bits per heavy atom. The van der Waals surface area contributed by atoms with Crippen molar-refractivity contribution in [1.29, 1.82) is 0 Å². The molecule has 0 spiro atoms. The number of piperidine rings is 1. The number of hydrogen-bond donors (Lipinski definition) is 3. The molecule has 1 fully saturated rings. The molecule has 1 saturated heterocycles. The number of rotatable bonds is 5. The van der Waals surface area contributed by atoms with Crippen LogP contribution in [0.25, 0.3) is 0 Å². The minimum atomic E-state index is -3.65. The largest absolute Gasteiger partial charge is 0.322 e. The summed E-state index contributed by atoms with van der Waals surface area (Å²) in [6.45, 7) is 3.53. The highest BCUT2D eigenvalue weighted by atomic mass is 32.2. The van der Waals surface area contributed by atoms with E-state index in [9.17, 15) is 13.2 Å². The molecule has 1 heterocycles. The number of hydrogen-bond acceptors (Lipinski definition) is 4. The van der Waals surface area contributed by atoms with Crippen molar-refractivity contribution in [3.05, 3.63) is 58.7 Å². The zero-order valence-electron chi connectivity index (χ0n) is 17.3. The Bertz CT molecular complexity index is 1040. The maximum absolute atomic E-state index is 13.1. The maximum Gasteiger partial charge on any atom is 0.255 e. The number of carbonyl (C=O) groups excluding carboxylic acids is 1. The summed E-state index contributed by atoms with van der Waals surface area (Å²) in [5, 5.41) is 6.25. The Hall–Kier alpha value is -2.22. The average Bonchev–Trinajstić information content (AvgIpc) is 2.74. The first kappa shape index (κ1) is 21.0. The van der Waals surface area contributed by atoms with Gasteiger partial charge in [-0.25, -0.2) is 13.1 Å². The Kier molecular flexibility index (Phi) is 6.22. The normalized spacial score (nSPS) is 17.4. The van der Waals surface area contributed by atoms with Gasteiger partial charge in [-0.1, -0.05) is 18.2 Å². The zero-order chi connectivity index (χ0) is 21.1. The van der Waals surface area contributed by atoms with Gasteiger partial charge in [-0.3, -0.25) is 4.79 Å². The summed E-state index contributed by atoms with van der Waals surface area (Å²) in [5.41, 5.74) is 4.19. The van der Waals surface area contributed by atoms with Gasteiger partial charge in [-0.15, -0.1) is 0 Å². The molecule has 2 aliphatic rings. The van der Waals surface area contributed by atoms with E-state index in [1.54, 1.807) is 18.2 Å². The molecule has 0 atom stereocenters. The summed E-state index contributed by atoms with van der Waals surface area (Å²) in [4.78, 5) is 13.2. The highest BCUT2D eigenvalue weighted by molar-refractivity contribution is 7.89. The predicted molar refractivity (Wildman–Crippen MR) is 118 cm³/mol. The molecule has 0 radical (unpaired) electrons. The third-order valence-corrected chi connectivity index (χ3v) is 7.55. The topological polar surface area (TPSA) is 87.3 Å². The summed E-state index contributed by atoms with van der Waals surface area (Å²) in [6, 6.07) is 10.8. The van der Waals surface area contributed by atoms with Gasteiger partial charge >= 0.3 is 0 Å². The van der Waals surface area contributed by atoms with E-state index in [4.69, 9.17) is 0 Å². The monoisotopic (exact) mass is 427 g/mol. The number of fused-ring (bicyclic) bond motifs is 1. The highest BCUT2D eigenvalue weighted by Gasteiger charge is 2.25. The predicted octanol–water partition coefficient (Wildman–Crippen LogP) is 3.16. The van der Waals surface area contributed by atoms with Crippen molar-refractivity contribution >= 4 is 21.6 Å². The number of nitrogens with one attached hydrogen (secondary N) is 3. The molecule has 0 bridgehead atoms. The first-order valence-electron chi connectivity index (χ1n) is 10.7. The van der Waals surface area contributed by atoms with E-state index in [2.05, 4.69) is 15.4 Å². The molecule has 6 nitrogen and oxygen atoms in total. The molecule has 1 aliphatic heterocycles. The van der Waals surface area contributed by atoms with Crippen molar-refractivity contribution in [1.82, 2.24) is 10.0 Å². The van der Waals surface area contributed by atoms with Crippen molar-refractivity contribution in [2.45, 2.75) is 56.4 Å². The molecule has 7 heteroatoms. The first-order valence-corrected chi connectivity index (χ1v) is 12.2. The first-order chi connectivity index (χ1) is 14.4. The van der Waals surface area contributed by atoms with Crippen LogP contribution in [-0.4, -0.2) is 33.5 Å². The third kappa shape index (κ3) is 4.58. The molecule has 160 valence electrons. The smallest absolute Gasteiger partial charge is 0.255 e. The fourth-order valence-electron chi connectivity index (χ4n) is 4.35. The van der Waals surface area contributed by atoms with Gasteiger partial charge in [0, 0.05) is 17.3 Å². The zero-order valence-corrected chi connectivity index (χ0v) is 18.1. The summed E-state index contributed by atoms with van der Waals surface area (Å²) >= 11 is 0. The molecule has 2 aromatic rings. The molecular formula is C23H29N3O3S. The Labute approximate surface area is 178 Å². The molecule has 4 rings (SSSR count). The van der Waals surface area contributed by atoms with Gasteiger partial charge in [0.05, 0.1) is 4.90 Å². The number of sulfonamides is 1.